The Kier molecular flexibility index (Phi) is 9.57. The van der Waals surface area contributed by atoms with E-state index in [2.05, 4.69) is 26.8 Å². The van der Waals surface area contributed by atoms with Gasteiger partial charge in [-0.1, -0.05) is 102 Å². The number of hydrogen-bond acceptors (Lipinski definition) is 2. The normalized spacial score (nSPS) is 40.0. The van der Waals surface area contributed by atoms with Gasteiger partial charge >= 0.3 is 0 Å². The first-order valence-corrected chi connectivity index (χ1v) is 17.7. The average molecular weight is 527 g/mol. The van der Waals surface area contributed by atoms with E-state index in [1.807, 2.05) is 0 Å². The second-order valence-corrected chi connectivity index (χ2v) is 16.1. The molecule has 1 nitrogen and oxygen atoms in total. The predicted molar refractivity (Wildman–Crippen MR) is 161 cm³/mol. The van der Waals surface area contributed by atoms with Crippen LogP contribution in [0.1, 0.15) is 156 Å². The summed E-state index contributed by atoms with van der Waals surface area (Å²) in [6.07, 6.45) is 31.5. The van der Waals surface area contributed by atoms with Gasteiger partial charge in [-0.05, 0) is 111 Å². The molecule has 0 aromatic heterocycles. The molecule has 0 bridgehead atoms. The molecule has 0 amide bonds. The molecular formula is C35H58OS. The lowest BCUT2D eigenvalue weighted by molar-refractivity contribution is -0.112. The molecule has 0 N–H and O–H groups in total. The molecule has 2 heteroatoms. The minimum Gasteiger partial charge on any atom is -0.287 e. The van der Waals surface area contributed by atoms with Gasteiger partial charge in [-0.25, -0.2) is 0 Å². The number of hydrogen-bond donors (Lipinski definition) is 0. The van der Waals surface area contributed by atoms with Gasteiger partial charge in [0.2, 0.25) is 0 Å². The van der Waals surface area contributed by atoms with Gasteiger partial charge in [-0.3, -0.25) is 4.79 Å². The van der Waals surface area contributed by atoms with Crippen molar-refractivity contribution in [2.75, 3.05) is 0 Å². The van der Waals surface area contributed by atoms with Gasteiger partial charge in [-0.15, -0.1) is 0 Å². The van der Waals surface area contributed by atoms with Crippen LogP contribution in [0.15, 0.2) is 11.6 Å². The van der Waals surface area contributed by atoms with Gasteiger partial charge in [0.05, 0.1) is 0 Å². The second-order valence-electron chi connectivity index (χ2n) is 14.7. The van der Waals surface area contributed by atoms with Gasteiger partial charge in [0.15, 0.2) is 5.12 Å². The molecule has 5 aliphatic rings. The van der Waals surface area contributed by atoms with Crippen LogP contribution in [0, 0.1) is 40.4 Å². The van der Waals surface area contributed by atoms with E-state index in [-0.39, 0.29) is 0 Å². The largest absolute Gasteiger partial charge is 0.287 e. The van der Waals surface area contributed by atoms with Crippen molar-refractivity contribution < 1.29 is 4.79 Å². The Balaban J connectivity index is 1.16. The first-order valence-electron chi connectivity index (χ1n) is 16.8. The molecule has 37 heavy (non-hydrogen) atoms. The molecule has 7 atom stereocenters. The Labute approximate surface area is 234 Å². The molecule has 4 saturated carbocycles. The first kappa shape index (κ1) is 28.3. The van der Waals surface area contributed by atoms with E-state index in [0.29, 0.717) is 27.1 Å². The Morgan fingerprint density at radius 1 is 0.892 bits per heavy atom. The van der Waals surface area contributed by atoms with Crippen LogP contribution in [0.5, 0.6) is 0 Å². The van der Waals surface area contributed by atoms with Crippen molar-refractivity contribution in [3.05, 3.63) is 11.6 Å². The third kappa shape index (κ3) is 6.10. The average Bonchev–Trinajstić information content (AvgIpc) is 3.23. The van der Waals surface area contributed by atoms with E-state index in [1.54, 1.807) is 17.3 Å². The molecule has 0 aromatic carbocycles. The van der Waals surface area contributed by atoms with Crippen LogP contribution in [0.4, 0.5) is 0 Å². The minimum atomic E-state index is 0.422. The molecule has 0 radical (unpaired) electrons. The highest BCUT2D eigenvalue weighted by atomic mass is 32.2. The Morgan fingerprint density at radius 2 is 1.68 bits per heavy atom. The number of carbonyl (C=O) groups excluding carboxylic acids is 1. The monoisotopic (exact) mass is 526 g/mol. The van der Waals surface area contributed by atoms with Crippen LogP contribution < -0.4 is 0 Å². The lowest BCUT2D eigenvalue weighted by Crippen LogP contribution is -2.50. The predicted octanol–water partition coefficient (Wildman–Crippen LogP) is 10.9. The summed E-state index contributed by atoms with van der Waals surface area (Å²) in [4.78, 5) is 12.9. The number of thioether (sulfide) groups is 1. The lowest BCUT2D eigenvalue weighted by Gasteiger charge is -2.58. The van der Waals surface area contributed by atoms with Crippen LogP contribution in [0.3, 0.4) is 0 Å². The van der Waals surface area contributed by atoms with Crippen LogP contribution in [0.25, 0.3) is 0 Å². The van der Waals surface area contributed by atoms with Crippen molar-refractivity contribution in [3.63, 3.8) is 0 Å². The maximum absolute atomic E-state index is 12.9. The summed E-state index contributed by atoms with van der Waals surface area (Å²) in [5, 5.41) is 1.06. The van der Waals surface area contributed by atoms with Crippen molar-refractivity contribution in [1.29, 1.82) is 0 Å². The van der Waals surface area contributed by atoms with Gasteiger partial charge < -0.3 is 0 Å². The van der Waals surface area contributed by atoms with Crippen LogP contribution in [-0.4, -0.2) is 10.4 Å². The van der Waals surface area contributed by atoms with E-state index >= 15 is 0 Å². The molecule has 0 unspecified atom stereocenters. The van der Waals surface area contributed by atoms with Crippen molar-refractivity contribution in [1.82, 2.24) is 0 Å². The number of fused-ring (bicyclic) bond motifs is 5. The van der Waals surface area contributed by atoms with E-state index in [1.165, 1.54) is 128 Å². The molecule has 210 valence electrons. The Hall–Kier alpha value is -0.240. The van der Waals surface area contributed by atoms with Crippen molar-refractivity contribution >= 4 is 16.9 Å². The highest BCUT2D eigenvalue weighted by Gasteiger charge is 2.58. The summed E-state index contributed by atoms with van der Waals surface area (Å²) >= 11 is 1.75. The molecule has 0 spiro atoms. The number of allylic oxidation sites excluding steroid dienone is 2. The maximum Gasteiger partial charge on any atom is 0.189 e. The van der Waals surface area contributed by atoms with Crippen molar-refractivity contribution in [2.45, 2.75) is 161 Å². The molecule has 4 fully saturated rings. The van der Waals surface area contributed by atoms with Gasteiger partial charge in [0, 0.05) is 11.7 Å². The first-order chi connectivity index (χ1) is 17.9. The smallest absolute Gasteiger partial charge is 0.189 e. The topological polar surface area (TPSA) is 17.1 Å². The van der Waals surface area contributed by atoms with E-state index in [4.69, 9.17) is 0 Å². The van der Waals surface area contributed by atoms with Crippen molar-refractivity contribution in [2.24, 2.45) is 40.4 Å². The van der Waals surface area contributed by atoms with Gasteiger partial charge in [0.25, 0.3) is 0 Å². The fourth-order valence-corrected chi connectivity index (χ4v) is 11.5. The number of rotatable bonds is 10. The Morgan fingerprint density at radius 3 is 2.49 bits per heavy atom. The molecule has 0 heterocycles. The summed E-state index contributed by atoms with van der Waals surface area (Å²) in [7, 11) is 0. The number of carbonyl (C=O) groups is 1. The van der Waals surface area contributed by atoms with Crippen LogP contribution in [-0.2, 0) is 4.79 Å². The van der Waals surface area contributed by atoms with Crippen molar-refractivity contribution in [3.8, 4) is 0 Å². The summed E-state index contributed by atoms with van der Waals surface area (Å²) in [6, 6.07) is 0. The fraction of sp³-hybridized carbons (Fsp3) is 0.914. The standard InChI is InChI=1S/C35H58OS/c1-4-5-6-7-8-12-15-27-17-19-31-30-18-16-28-25-29(37-33(36)24-26-13-10-9-11-14-26)20-22-35(28,3)32(30)21-23-34(27,31)2/h16,26-27,29-32H,4-15,17-25H2,1-3H3/t27-,29+,30-,31-,32-,34-,35+/m1/s1. The molecule has 0 aliphatic heterocycles. The van der Waals surface area contributed by atoms with Gasteiger partial charge in [-0.2, -0.15) is 0 Å². The molecule has 0 saturated heterocycles. The maximum atomic E-state index is 12.9. The molecular weight excluding hydrogens is 468 g/mol. The molecule has 0 aromatic rings. The second kappa shape index (κ2) is 12.5. The summed E-state index contributed by atoms with van der Waals surface area (Å²) in [6.45, 7) is 7.69. The van der Waals surface area contributed by atoms with E-state index in [9.17, 15) is 4.79 Å². The van der Waals surface area contributed by atoms with E-state index < -0.39 is 0 Å². The lowest BCUT2D eigenvalue weighted by atomic mass is 9.47. The van der Waals surface area contributed by atoms with Crippen LogP contribution >= 0.6 is 11.8 Å². The zero-order valence-corrected chi connectivity index (χ0v) is 25.5. The SMILES string of the molecule is CCCCCCCC[C@@H]1CC[C@@H]2[C@H]3CC=C4C[C@@H](SC(=O)CC5CCCCC5)CC[C@]4(C)[C@@H]3CC[C@]12C. The molecule has 5 aliphatic carbocycles. The summed E-state index contributed by atoms with van der Waals surface area (Å²) in [5.41, 5.74) is 2.80. The number of unbranched alkanes of at least 4 members (excludes halogenated alkanes) is 5. The minimum absolute atomic E-state index is 0.422. The van der Waals surface area contributed by atoms with Gasteiger partial charge in [0.1, 0.15) is 0 Å². The quantitative estimate of drug-likeness (QED) is 0.208. The Bertz CT molecular complexity index is 795. The summed E-state index contributed by atoms with van der Waals surface area (Å²) in [5.74, 6) is 4.48. The third-order valence-corrected chi connectivity index (χ3v) is 13.8. The summed E-state index contributed by atoms with van der Waals surface area (Å²) < 4.78 is 0. The third-order valence-electron chi connectivity index (χ3n) is 12.6. The fourth-order valence-electron chi connectivity index (χ4n) is 10.3. The zero-order valence-electron chi connectivity index (χ0n) is 24.7. The van der Waals surface area contributed by atoms with Crippen LogP contribution in [0.2, 0.25) is 0 Å². The molecule has 5 rings (SSSR count). The highest BCUT2D eigenvalue weighted by molar-refractivity contribution is 8.14. The van der Waals surface area contributed by atoms with E-state index in [0.717, 1.165) is 30.1 Å². The highest BCUT2D eigenvalue weighted by Crippen LogP contribution is 2.67. The zero-order chi connectivity index (χ0) is 25.9.